The van der Waals surface area contributed by atoms with Crippen LogP contribution in [0.2, 0.25) is 5.28 Å². The molecule has 0 spiro atoms. The van der Waals surface area contributed by atoms with Crippen molar-refractivity contribution in [3.8, 4) is 5.82 Å². The topological polar surface area (TPSA) is 101 Å². The molecule has 0 radical (unpaired) electrons. The van der Waals surface area contributed by atoms with E-state index in [1.54, 1.807) is 6.07 Å². The highest BCUT2D eigenvalue weighted by Crippen LogP contribution is 2.32. The molecule has 1 saturated heterocycles. The maximum Gasteiger partial charge on any atom is 0.248 e. The van der Waals surface area contributed by atoms with E-state index in [2.05, 4.69) is 49.0 Å². The van der Waals surface area contributed by atoms with Crippen LogP contribution in [0.3, 0.4) is 0 Å². The Kier molecular flexibility index (Phi) is 6.47. The number of anilines is 4. The highest BCUT2D eigenvalue weighted by atomic mass is 35.5. The summed E-state index contributed by atoms with van der Waals surface area (Å²) in [5.41, 5.74) is 9.01. The molecule has 1 aliphatic rings. The fourth-order valence-corrected chi connectivity index (χ4v) is 5.76. The molecular formula is C23H27ClFN9S. The van der Waals surface area contributed by atoms with Gasteiger partial charge in [0.2, 0.25) is 17.2 Å². The second kappa shape index (κ2) is 9.56. The monoisotopic (exact) mass is 515 g/mol. The van der Waals surface area contributed by atoms with Crippen molar-refractivity contribution in [1.82, 2.24) is 29.6 Å². The Balaban J connectivity index is 1.36. The fourth-order valence-electron chi connectivity index (χ4n) is 4.64. The van der Waals surface area contributed by atoms with Crippen molar-refractivity contribution in [3.05, 3.63) is 40.2 Å². The summed E-state index contributed by atoms with van der Waals surface area (Å²) < 4.78 is 17.3. The summed E-state index contributed by atoms with van der Waals surface area (Å²) in [6, 6.07) is 5.53. The van der Waals surface area contributed by atoms with Crippen molar-refractivity contribution < 1.29 is 4.39 Å². The third-order valence-corrected chi connectivity index (χ3v) is 7.67. The lowest BCUT2D eigenvalue weighted by atomic mass is 10.2. The molecule has 1 atom stereocenters. The normalized spacial score (nSPS) is 16.1. The molecule has 9 nitrogen and oxygen atoms in total. The second-order valence-corrected chi connectivity index (χ2v) is 9.74. The average molecular weight is 516 g/mol. The molecule has 0 amide bonds. The predicted molar refractivity (Wildman–Crippen MR) is 140 cm³/mol. The number of aryl methyl sites for hydroxylation is 1. The van der Waals surface area contributed by atoms with Gasteiger partial charge >= 0.3 is 0 Å². The van der Waals surface area contributed by atoms with Gasteiger partial charge in [-0.15, -0.1) is 16.4 Å². The zero-order valence-electron chi connectivity index (χ0n) is 19.8. The minimum atomic E-state index is -0.291. The summed E-state index contributed by atoms with van der Waals surface area (Å²) in [7, 11) is 0. The number of thiophene rings is 1. The molecule has 35 heavy (non-hydrogen) atoms. The number of likely N-dealkylation sites (N-methyl/N-ethyl adjacent to an activating group) is 1. The minimum Gasteiger partial charge on any atom is -0.368 e. The van der Waals surface area contributed by atoms with Crippen LogP contribution >= 0.6 is 22.9 Å². The van der Waals surface area contributed by atoms with E-state index in [9.17, 15) is 0 Å². The number of nitrogens with one attached hydrogen (secondary N) is 1. The Morgan fingerprint density at radius 3 is 2.80 bits per heavy atom. The number of hydrogen-bond acceptors (Lipinski definition) is 9. The Hall–Kier alpha value is -3.02. The minimum absolute atomic E-state index is 0.0983. The highest BCUT2D eigenvalue weighted by molar-refractivity contribution is 7.17. The van der Waals surface area contributed by atoms with Crippen LogP contribution < -0.4 is 16.0 Å². The van der Waals surface area contributed by atoms with Crippen molar-refractivity contribution in [2.45, 2.75) is 33.2 Å². The zero-order valence-corrected chi connectivity index (χ0v) is 21.4. The smallest absolute Gasteiger partial charge is 0.248 e. The van der Waals surface area contributed by atoms with Crippen LogP contribution in [-0.4, -0.2) is 61.9 Å². The van der Waals surface area contributed by atoms with E-state index in [0.717, 1.165) is 48.4 Å². The number of aromatic nitrogens is 5. The SMILES string of the molecule is CCN(CC)C1CCN(c2ccc(Nc3nc(N)n(-c4nc(Cl)nc5c(C)csc45)n3)cc2F)C1. The van der Waals surface area contributed by atoms with Crippen LogP contribution in [0.25, 0.3) is 16.0 Å². The standard InChI is InChI=1S/C23H27ClFN9S/c1-4-32(5-2)15-8-9-33(11-15)17-7-6-14(10-16(17)25)27-23-30-22(26)34(31-23)20-19-18(13(3)12-35-19)28-21(24)29-20/h6-7,10,12,15H,4-5,8-9,11H2,1-3H3,(H3,26,27,30,31). The maximum absolute atomic E-state index is 15.1. The fraction of sp³-hybridized carbons (Fsp3) is 0.391. The van der Waals surface area contributed by atoms with Crippen LogP contribution in [0.4, 0.5) is 27.7 Å². The molecule has 12 heteroatoms. The second-order valence-electron chi connectivity index (χ2n) is 8.52. The molecule has 1 aromatic carbocycles. The van der Waals surface area contributed by atoms with Crippen molar-refractivity contribution in [1.29, 1.82) is 0 Å². The van der Waals surface area contributed by atoms with Crippen LogP contribution in [0.1, 0.15) is 25.8 Å². The first kappa shape index (κ1) is 23.7. The number of hydrogen-bond donors (Lipinski definition) is 2. The lowest BCUT2D eigenvalue weighted by Crippen LogP contribution is -2.37. The van der Waals surface area contributed by atoms with Crippen molar-refractivity contribution in [2.75, 3.05) is 42.1 Å². The Morgan fingerprint density at radius 2 is 2.06 bits per heavy atom. The molecule has 5 rings (SSSR count). The van der Waals surface area contributed by atoms with E-state index < -0.39 is 0 Å². The number of halogens is 2. The van der Waals surface area contributed by atoms with Gasteiger partial charge < -0.3 is 16.0 Å². The number of benzene rings is 1. The molecule has 1 aliphatic heterocycles. The maximum atomic E-state index is 15.1. The van der Waals surface area contributed by atoms with Gasteiger partial charge in [0.15, 0.2) is 5.82 Å². The molecule has 184 valence electrons. The van der Waals surface area contributed by atoms with E-state index in [4.69, 9.17) is 17.3 Å². The first-order chi connectivity index (χ1) is 16.9. The molecule has 1 unspecified atom stereocenters. The van der Waals surface area contributed by atoms with Gasteiger partial charge in [-0.3, -0.25) is 4.90 Å². The van der Waals surface area contributed by atoms with Crippen LogP contribution in [0, 0.1) is 12.7 Å². The Labute approximate surface area is 211 Å². The van der Waals surface area contributed by atoms with Crippen LogP contribution in [-0.2, 0) is 0 Å². The van der Waals surface area contributed by atoms with Crippen molar-refractivity contribution >= 4 is 56.4 Å². The summed E-state index contributed by atoms with van der Waals surface area (Å²) in [5, 5.41) is 9.56. The van der Waals surface area contributed by atoms with Crippen molar-refractivity contribution in [2.24, 2.45) is 0 Å². The molecule has 4 heterocycles. The van der Waals surface area contributed by atoms with Gasteiger partial charge in [0, 0.05) is 24.8 Å². The number of nitrogens with two attached hydrogens (primary N) is 1. The third kappa shape index (κ3) is 4.51. The molecule has 1 fully saturated rings. The number of nitrogens with zero attached hydrogens (tertiary/aromatic N) is 7. The zero-order chi connectivity index (χ0) is 24.7. The summed E-state index contributed by atoms with van der Waals surface area (Å²) in [4.78, 5) is 17.4. The molecule has 4 aromatic rings. The van der Waals surface area contributed by atoms with Crippen LogP contribution in [0.15, 0.2) is 23.6 Å². The van der Waals surface area contributed by atoms with E-state index >= 15 is 4.39 Å². The molecule has 3 aromatic heterocycles. The van der Waals surface area contributed by atoms with Gasteiger partial charge in [-0.25, -0.2) is 9.37 Å². The first-order valence-electron chi connectivity index (χ1n) is 11.6. The van der Waals surface area contributed by atoms with E-state index in [-0.39, 0.29) is 23.0 Å². The van der Waals surface area contributed by atoms with Gasteiger partial charge in [0.1, 0.15) is 5.82 Å². The number of nitrogen functional groups attached to an aromatic ring is 1. The predicted octanol–water partition coefficient (Wildman–Crippen LogP) is 4.62. The Morgan fingerprint density at radius 1 is 1.26 bits per heavy atom. The molecule has 3 N–H and O–H groups in total. The van der Waals surface area contributed by atoms with Gasteiger partial charge in [-0.2, -0.15) is 14.6 Å². The lowest BCUT2D eigenvalue weighted by Gasteiger charge is -2.26. The van der Waals surface area contributed by atoms with Crippen LogP contribution in [0.5, 0.6) is 0 Å². The molecular weight excluding hydrogens is 489 g/mol. The van der Waals surface area contributed by atoms with Gasteiger partial charge in [-0.1, -0.05) is 13.8 Å². The number of fused-ring (bicyclic) bond motifs is 1. The molecule has 0 aliphatic carbocycles. The quantitative estimate of drug-likeness (QED) is 0.344. The Bertz CT molecular complexity index is 1370. The van der Waals surface area contributed by atoms with E-state index in [1.165, 1.54) is 22.1 Å². The molecule has 0 saturated carbocycles. The molecule has 0 bridgehead atoms. The average Bonchev–Trinajstić information content (AvgIpc) is 3.54. The van der Waals surface area contributed by atoms with Gasteiger partial charge in [-0.05, 0) is 67.2 Å². The van der Waals surface area contributed by atoms with Crippen molar-refractivity contribution in [3.63, 3.8) is 0 Å². The van der Waals surface area contributed by atoms with Gasteiger partial charge in [0.05, 0.1) is 15.9 Å². The van der Waals surface area contributed by atoms with E-state index in [1.807, 2.05) is 18.4 Å². The summed E-state index contributed by atoms with van der Waals surface area (Å²) in [6.07, 6.45) is 1.03. The summed E-state index contributed by atoms with van der Waals surface area (Å²) >= 11 is 7.62. The third-order valence-electron chi connectivity index (χ3n) is 6.42. The number of rotatable bonds is 7. The largest absolute Gasteiger partial charge is 0.368 e. The summed E-state index contributed by atoms with van der Waals surface area (Å²) in [6.45, 7) is 9.95. The lowest BCUT2D eigenvalue weighted by molar-refractivity contribution is 0.232. The highest BCUT2D eigenvalue weighted by Gasteiger charge is 2.28. The van der Waals surface area contributed by atoms with E-state index in [0.29, 0.717) is 23.2 Å². The summed E-state index contributed by atoms with van der Waals surface area (Å²) in [5.74, 6) is 0.523. The van der Waals surface area contributed by atoms with Gasteiger partial charge in [0.25, 0.3) is 0 Å². The first-order valence-corrected chi connectivity index (χ1v) is 12.8.